The number of benzene rings is 1. The lowest BCUT2D eigenvalue weighted by molar-refractivity contribution is 0.218. The first kappa shape index (κ1) is 13.8. The summed E-state index contributed by atoms with van der Waals surface area (Å²) in [5, 5.41) is 0. The van der Waals surface area contributed by atoms with Crippen molar-refractivity contribution in [2.24, 2.45) is 0 Å². The number of anilines is 2. The van der Waals surface area contributed by atoms with Gasteiger partial charge in [0.1, 0.15) is 5.82 Å². The lowest BCUT2D eigenvalue weighted by Crippen LogP contribution is -2.51. The fourth-order valence-electron chi connectivity index (χ4n) is 2.86. The molecule has 1 atom stereocenters. The van der Waals surface area contributed by atoms with Gasteiger partial charge in [0.05, 0.1) is 18.1 Å². The van der Waals surface area contributed by atoms with Crippen LogP contribution in [-0.4, -0.2) is 40.5 Å². The Balaban J connectivity index is 1.62. The Labute approximate surface area is 125 Å². The van der Waals surface area contributed by atoms with Crippen LogP contribution in [0.2, 0.25) is 0 Å². The van der Waals surface area contributed by atoms with E-state index >= 15 is 0 Å². The lowest BCUT2D eigenvalue weighted by Gasteiger charge is -2.41. The topological polar surface area (TPSA) is 58.3 Å². The number of nitrogens with zero attached hydrogens (tertiary/aromatic N) is 4. The number of piperazine rings is 1. The Morgan fingerprint density at radius 3 is 2.62 bits per heavy atom. The van der Waals surface area contributed by atoms with E-state index in [-0.39, 0.29) is 0 Å². The molecule has 5 heteroatoms. The Bertz CT molecular complexity index is 569. The highest BCUT2D eigenvalue weighted by molar-refractivity contribution is 5.47. The summed E-state index contributed by atoms with van der Waals surface area (Å²) < 4.78 is 0. The van der Waals surface area contributed by atoms with E-state index in [1.165, 1.54) is 5.69 Å². The molecule has 5 nitrogen and oxygen atoms in total. The van der Waals surface area contributed by atoms with Crippen LogP contribution >= 0.6 is 0 Å². The molecule has 1 aliphatic rings. The normalized spacial score (nSPS) is 19.7. The van der Waals surface area contributed by atoms with Gasteiger partial charge in [0.2, 0.25) is 0 Å². The quantitative estimate of drug-likeness (QED) is 0.930. The van der Waals surface area contributed by atoms with Crippen molar-refractivity contribution < 1.29 is 0 Å². The highest BCUT2D eigenvalue weighted by atomic mass is 15.3. The lowest BCUT2D eigenvalue weighted by atomic mass is 10.1. The molecule has 1 aliphatic heterocycles. The summed E-state index contributed by atoms with van der Waals surface area (Å²) in [5.41, 5.74) is 7.85. The highest BCUT2D eigenvalue weighted by Gasteiger charge is 2.23. The summed E-state index contributed by atoms with van der Waals surface area (Å²) in [7, 11) is 0. The van der Waals surface area contributed by atoms with Crippen molar-refractivity contribution in [3.05, 3.63) is 48.4 Å². The Morgan fingerprint density at radius 1 is 1.14 bits per heavy atom. The number of nitrogens with two attached hydrogens (primary N) is 1. The van der Waals surface area contributed by atoms with Crippen LogP contribution in [0.3, 0.4) is 0 Å². The smallest absolute Gasteiger partial charge is 0.141 e. The van der Waals surface area contributed by atoms with Crippen molar-refractivity contribution >= 4 is 11.5 Å². The maximum atomic E-state index is 5.57. The van der Waals surface area contributed by atoms with Crippen molar-refractivity contribution in [2.45, 2.75) is 19.5 Å². The second kappa shape index (κ2) is 6.10. The molecule has 0 amide bonds. The molecule has 110 valence electrons. The summed E-state index contributed by atoms with van der Waals surface area (Å²) in [6.07, 6.45) is 3.39. The molecule has 1 fully saturated rings. The van der Waals surface area contributed by atoms with Crippen molar-refractivity contribution in [3.63, 3.8) is 0 Å². The highest BCUT2D eigenvalue weighted by Crippen LogP contribution is 2.20. The average molecular weight is 283 g/mol. The van der Waals surface area contributed by atoms with Gasteiger partial charge < -0.3 is 10.6 Å². The SMILES string of the molecule is CC1CN(Cc2cnc(N)cn2)CCN1c1ccccc1. The zero-order valence-electron chi connectivity index (χ0n) is 12.3. The van der Waals surface area contributed by atoms with Crippen LogP contribution < -0.4 is 10.6 Å². The molecule has 21 heavy (non-hydrogen) atoms. The maximum absolute atomic E-state index is 5.57. The molecule has 1 aromatic carbocycles. The van der Waals surface area contributed by atoms with Gasteiger partial charge in [-0.05, 0) is 19.1 Å². The summed E-state index contributed by atoms with van der Waals surface area (Å²) >= 11 is 0. The van der Waals surface area contributed by atoms with E-state index in [9.17, 15) is 0 Å². The molecule has 1 unspecified atom stereocenters. The molecule has 0 radical (unpaired) electrons. The zero-order chi connectivity index (χ0) is 14.7. The van der Waals surface area contributed by atoms with Gasteiger partial charge in [0, 0.05) is 37.9 Å². The molecule has 3 rings (SSSR count). The van der Waals surface area contributed by atoms with E-state index in [1.54, 1.807) is 12.4 Å². The van der Waals surface area contributed by atoms with E-state index in [4.69, 9.17) is 5.73 Å². The van der Waals surface area contributed by atoms with E-state index in [0.717, 1.165) is 31.9 Å². The first-order chi connectivity index (χ1) is 10.2. The van der Waals surface area contributed by atoms with Crippen LogP contribution in [0, 0.1) is 0 Å². The van der Waals surface area contributed by atoms with Gasteiger partial charge >= 0.3 is 0 Å². The Morgan fingerprint density at radius 2 is 1.95 bits per heavy atom. The molecule has 2 aromatic rings. The molecule has 0 spiro atoms. The summed E-state index contributed by atoms with van der Waals surface area (Å²) in [5.74, 6) is 0.473. The van der Waals surface area contributed by atoms with E-state index in [2.05, 4.69) is 57.0 Å². The van der Waals surface area contributed by atoms with Crippen molar-refractivity contribution in [3.8, 4) is 0 Å². The maximum Gasteiger partial charge on any atom is 0.141 e. The minimum atomic E-state index is 0.473. The zero-order valence-corrected chi connectivity index (χ0v) is 12.3. The van der Waals surface area contributed by atoms with E-state index in [0.29, 0.717) is 11.9 Å². The largest absolute Gasteiger partial charge is 0.382 e. The van der Waals surface area contributed by atoms with Crippen LogP contribution in [0.5, 0.6) is 0 Å². The molecular formula is C16H21N5. The summed E-state index contributed by atoms with van der Waals surface area (Å²) in [6, 6.07) is 11.1. The summed E-state index contributed by atoms with van der Waals surface area (Å²) in [6.45, 7) is 6.20. The Kier molecular flexibility index (Phi) is 4.01. The van der Waals surface area contributed by atoms with Crippen LogP contribution in [0.15, 0.2) is 42.7 Å². The molecule has 0 bridgehead atoms. The second-order valence-electron chi connectivity index (χ2n) is 5.55. The molecule has 2 heterocycles. The van der Waals surface area contributed by atoms with E-state index in [1.807, 2.05) is 0 Å². The first-order valence-electron chi connectivity index (χ1n) is 7.33. The van der Waals surface area contributed by atoms with Crippen LogP contribution in [0.1, 0.15) is 12.6 Å². The number of nitrogen functional groups attached to an aromatic ring is 1. The predicted molar refractivity (Wildman–Crippen MR) is 85.0 cm³/mol. The molecule has 2 N–H and O–H groups in total. The van der Waals surface area contributed by atoms with Gasteiger partial charge in [0.25, 0.3) is 0 Å². The van der Waals surface area contributed by atoms with Gasteiger partial charge in [-0.25, -0.2) is 4.98 Å². The fourth-order valence-corrected chi connectivity index (χ4v) is 2.86. The third kappa shape index (κ3) is 3.31. The van der Waals surface area contributed by atoms with Crippen molar-refractivity contribution in [1.29, 1.82) is 0 Å². The number of hydrogen-bond acceptors (Lipinski definition) is 5. The fraction of sp³-hybridized carbons (Fsp3) is 0.375. The molecular weight excluding hydrogens is 262 g/mol. The molecule has 1 saturated heterocycles. The van der Waals surface area contributed by atoms with E-state index < -0.39 is 0 Å². The standard InChI is InChI=1S/C16H21N5/c1-13-11-20(12-14-9-19-16(17)10-18-14)7-8-21(13)15-5-3-2-4-6-15/h2-6,9-10,13H,7-8,11-12H2,1H3,(H2,17,19). The molecule has 0 saturated carbocycles. The van der Waals surface area contributed by atoms with Crippen molar-refractivity contribution in [1.82, 2.24) is 14.9 Å². The molecule has 0 aliphatic carbocycles. The molecule has 1 aromatic heterocycles. The third-order valence-electron chi connectivity index (χ3n) is 3.91. The second-order valence-corrected chi connectivity index (χ2v) is 5.55. The monoisotopic (exact) mass is 283 g/mol. The Hall–Kier alpha value is -2.14. The van der Waals surface area contributed by atoms with Crippen molar-refractivity contribution in [2.75, 3.05) is 30.3 Å². The van der Waals surface area contributed by atoms with Gasteiger partial charge in [-0.2, -0.15) is 0 Å². The third-order valence-corrected chi connectivity index (χ3v) is 3.91. The average Bonchev–Trinajstić information content (AvgIpc) is 2.51. The van der Waals surface area contributed by atoms with Gasteiger partial charge in [0.15, 0.2) is 0 Å². The minimum absolute atomic E-state index is 0.473. The minimum Gasteiger partial charge on any atom is -0.382 e. The van der Waals surface area contributed by atoms with Crippen LogP contribution in [0.4, 0.5) is 11.5 Å². The van der Waals surface area contributed by atoms with Gasteiger partial charge in [-0.1, -0.05) is 18.2 Å². The van der Waals surface area contributed by atoms with Crippen LogP contribution in [0.25, 0.3) is 0 Å². The van der Waals surface area contributed by atoms with Crippen LogP contribution in [-0.2, 0) is 6.54 Å². The summed E-state index contributed by atoms with van der Waals surface area (Å²) in [4.78, 5) is 13.3. The van der Waals surface area contributed by atoms with Gasteiger partial charge in [-0.15, -0.1) is 0 Å². The predicted octanol–water partition coefficient (Wildman–Crippen LogP) is 1.77. The first-order valence-corrected chi connectivity index (χ1v) is 7.33. The number of aromatic nitrogens is 2. The number of rotatable bonds is 3. The number of para-hydroxylation sites is 1. The number of hydrogen-bond donors (Lipinski definition) is 1. The van der Waals surface area contributed by atoms with Gasteiger partial charge in [-0.3, -0.25) is 9.88 Å².